The van der Waals surface area contributed by atoms with Crippen LogP contribution >= 0.6 is 11.6 Å². The summed E-state index contributed by atoms with van der Waals surface area (Å²) in [6.45, 7) is 3.12. The van der Waals surface area contributed by atoms with Gasteiger partial charge in [0.25, 0.3) is 0 Å². The van der Waals surface area contributed by atoms with E-state index in [2.05, 4.69) is 20.9 Å². The van der Waals surface area contributed by atoms with Gasteiger partial charge in [0.2, 0.25) is 5.91 Å². The largest absolute Gasteiger partial charge is 0.383 e. The van der Waals surface area contributed by atoms with E-state index in [-0.39, 0.29) is 18.5 Å². The van der Waals surface area contributed by atoms with Gasteiger partial charge in [0.1, 0.15) is 0 Å². The number of amides is 1. The van der Waals surface area contributed by atoms with E-state index in [1.807, 2.05) is 31.2 Å². The van der Waals surface area contributed by atoms with Crippen molar-refractivity contribution in [3.05, 3.63) is 34.9 Å². The van der Waals surface area contributed by atoms with Crippen LogP contribution in [-0.4, -0.2) is 45.7 Å². The van der Waals surface area contributed by atoms with Crippen molar-refractivity contribution in [1.29, 1.82) is 0 Å². The molecule has 1 atom stereocenters. The van der Waals surface area contributed by atoms with Crippen LogP contribution in [0.5, 0.6) is 0 Å². The lowest BCUT2D eigenvalue weighted by Gasteiger charge is -2.18. The van der Waals surface area contributed by atoms with Crippen LogP contribution in [0.25, 0.3) is 0 Å². The molecule has 22 heavy (non-hydrogen) atoms. The molecule has 0 bridgehead atoms. The molecule has 1 amide bonds. The number of benzene rings is 1. The topological polar surface area (TPSA) is 74.8 Å². The zero-order valence-electron chi connectivity index (χ0n) is 13.1. The fraction of sp³-hybridized carbons (Fsp3) is 0.467. The summed E-state index contributed by atoms with van der Waals surface area (Å²) in [6, 6.07) is 7.62. The van der Waals surface area contributed by atoms with Gasteiger partial charge in [0, 0.05) is 25.7 Å². The van der Waals surface area contributed by atoms with Crippen molar-refractivity contribution in [2.75, 3.05) is 33.9 Å². The fourth-order valence-corrected chi connectivity index (χ4v) is 1.98. The molecule has 0 saturated heterocycles. The minimum Gasteiger partial charge on any atom is -0.383 e. The number of nitrogens with zero attached hydrogens (tertiary/aromatic N) is 1. The lowest BCUT2D eigenvalue weighted by molar-refractivity contribution is -0.120. The van der Waals surface area contributed by atoms with Crippen molar-refractivity contribution >= 4 is 23.5 Å². The standard InChI is InChI=1S/C15H23ClN4O2/c1-11(12-5-4-6-13(16)9-12)20-15(17-2)19-10-14(21)18-7-8-22-3/h4-6,9,11H,7-8,10H2,1-3H3,(H,18,21)(H2,17,19,20). The highest BCUT2D eigenvalue weighted by Crippen LogP contribution is 2.16. The van der Waals surface area contributed by atoms with Gasteiger partial charge in [-0.1, -0.05) is 23.7 Å². The van der Waals surface area contributed by atoms with Crippen LogP contribution in [0.15, 0.2) is 29.3 Å². The molecule has 0 saturated carbocycles. The van der Waals surface area contributed by atoms with Crippen molar-refractivity contribution in [3.63, 3.8) is 0 Å². The third-order valence-corrected chi connectivity index (χ3v) is 3.21. The number of carbonyl (C=O) groups excluding carboxylic acids is 1. The maximum absolute atomic E-state index is 11.6. The summed E-state index contributed by atoms with van der Waals surface area (Å²) in [7, 11) is 3.25. The summed E-state index contributed by atoms with van der Waals surface area (Å²) in [4.78, 5) is 15.7. The first kappa shape index (κ1) is 18.3. The first-order chi connectivity index (χ1) is 10.6. The van der Waals surface area contributed by atoms with Crippen LogP contribution in [0.2, 0.25) is 5.02 Å². The van der Waals surface area contributed by atoms with Gasteiger partial charge in [-0.2, -0.15) is 0 Å². The summed E-state index contributed by atoms with van der Waals surface area (Å²) >= 11 is 5.99. The van der Waals surface area contributed by atoms with Gasteiger partial charge in [-0.25, -0.2) is 0 Å². The van der Waals surface area contributed by atoms with E-state index in [1.54, 1.807) is 14.2 Å². The molecule has 0 aliphatic rings. The average Bonchev–Trinajstić information content (AvgIpc) is 2.51. The smallest absolute Gasteiger partial charge is 0.239 e. The van der Waals surface area contributed by atoms with Crippen molar-refractivity contribution in [2.24, 2.45) is 4.99 Å². The number of guanidine groups is 1. The molecule has 3 N–H and O–H groups in total. The van der Waals surface area contributed by atoms with Gasteiger partial charge in [-0.05, 0) is 24.6 Å². The molecule has 1 rings (SSSR count). The molecule has 0 fully saturated rings. The first-order valence-corrected chi connectivity index (χ1v) is 7.43. The number of hydrogen-bond donors (Lipinski definition) is 3. The molecule has 0 aliphatic heterocycles. The van der Waals surface area contributed by atoms with Crippen molar-refractivity contribution in [2.45, 2.75) is 13.0 Å². The third-order valence-electron chi connectivity index (χ3n) is 2.97. The lowest BCUT2D eigenvalue weighted by atomic mass is 10.1. The second kappa shape index (κ2) is 10.0. The van der Waals surface area contributed by atoms with Crippen LogP contribution in [0.3, 0.4) is 0 Å². The monoisotopic (exact) mass is 326 g/mol. The van der Waals surface area contributed by atoms with Crippen LogP contribution in [0, 0.1) is 0 Å². The van der Waals surface area contributed by atoms with Crippen molar-refractivity contribution in [3.8, 4) is 0 Å². The maximum Gasteiger partial charge on any atom is 0.239 e. The Morgan fingerprint density at radius 3 is 2.82 bits per heavy atom. The molecule has 0 heterocycles. The highest BCUT2D eigenvalue weighted by molar-refractivity contribution is 6.30. The molecular formula is C15H23ClN4O2. The molecule has 1 aromatic carbocycles. The molecule has 1 unspecified atom stereocenters. The van der Waals surface area contributed by atoms with Gasteiger partial charge >= 0.3 is 0 Å². The Kier molecular flexibility index (Phi) is 8.32. The number of methoxy groups -OCH3 is 1. The summed E-state index contributed by atoms with van der Waals surface area (Å²) in [5, 5.41) is 9.59. The summed E-state index contributed by atoms with van der Waals surface area (Å²) in [5.41, 5.74) is 1.04. The Hall–Kier alpha value is -1.79. The van der Waals surface area contributed by atoms with Crippen molar-refractivity contribution in [1.82, 2.24) is 16.0 Å². The number of hydrogen-bond acceptors (Lipinski definition) is 3. The molecule has 0 aliphatic carbocycles. The minimum atomic E-state index is -0.115. The first-order valence-electron chi connectivity index (χ1n) is 7.05. The van der Waals surface area contributed by atoms with Crippen LogP contribution in [0.1, 0.15) is 18.5 Å². The Morgan fingerprint density at radius 2 is 2.18 bits per heavy atom. The van der Waals surface area contributed by atoms with E-state index >= 15 is 0 Å². The van der Waals surface area contributed by atoms with E-state index in [0.29, 0.717) is 24.1 Å². The second-order valence-corrected chi connectivity index (χ2v) is 5.13. The number of nitrogens with one attached hydrogen (secondary N) is 3. The lowest BCUT2D eigenvalue weighted by Crippen LogP contribution is -2.44. The van der Waals surface area contributed by atoms with E-state index in [0.717, 1.165) is 5.56 Å². The van der Waals surface area contributed by atoms with Crippen molar-refractivity contribution < 1.29 is 9.53 Å². The van der Waals surface area contributed by atoms with Gasteiger partial charge in [-0.15, -0.1) is 0 Å². The molecule has 0 spiro atoms. The average molecular weight is 327 g/mol. The molecule has 7 heteroatoms. The van der Waals surface area contributed by atoms with E-state index in [4.69, 9.17) is 16.3 Å². The number of halogens is 1. The van der Waals surface area contributed by atoms with Crippen LogP contribution < -0.4 is 16.0 Å². The Bertz CT molecular complexity index is 508. The Labute approximate surface area is 136 Å². The van der Waals surface area contributed by atoms with Crippen LogP contribution in [-0.2, 0) is 9.53 Å². The fourth-order valence-electron chi connectivity index (χ4n) is 1.78. The molecular weight excluding hydrogens is 304 g/mol. The van der Waals surface area contributed by atoms with Gasteiger partial charge in [0.05, 0.1) is 19.2 Å². The minimum absolute atomic E-state index is 0.0152. The zero-order chi connectivity index (χ0) is 16.4. The van der Waals surface area contributed by atoms with Crippen LogP contribution in [0.4, 0.5) is 0 Å². The SMILES string of the molecule is CN=C(NCC(=O)NCCOC)NC(C)c1cccc(Cl)c1. The Morgan fingerprint density at radius 1 is 1.41 bits per heavy atom. The zero-order valence-corrected chi connectivity index (χ0v) is 13.9. The van der Waals surface area contributed by atoms with E-state index < -0.39 is 0 Å². The van der Waals surface area contributed by atoms with E-state index in [9.17, 15) is 4.79 Å². The molecule has 0 aromatic heterocycles. The number of rotatable bonds is 7. The maximum atomic E-state index is 11.6. The predicted molar refractivity (Wildman–Crippen MR) is 89.3 cm³/mol. The highest BCUT2D eigenvalue weighted by atomic mass is 35.5. The number of carbonyl (C=O) groups is 1. The Balaban J connectivity index is 2.43. The molecule has 122 valence electrons. The second-order valence-electron chi connectivity index (χ2n) is 4.69. The van der Waals surface area contributed by atoms with Gasteiger partial charge < -0.3 is 20.7 Å². The summed E-state index contributed by atoms with van der Waals surface area (Å²) < 4.78 is 4.87. The van der Waals surface area contributed by atoms with E-state index in [1.165, 1.54) is 0 Å². The molecule has 1 aromatic rings. The quantitative estimate of drug-likeness (QED) is 0.401. The molecule has 6 nitrogen and oxygen atoms in total. The third kappa shape index (κ3) is 6.78. The number of ether oxygens (including phenoxy) is 1. The summed E-state index contributed by atoms with van der Waals surface area (Å²) in [6.07, 6.45) is 0. The number of aliphatic imine (C=N–C) groups is 1. The molecule has 0 radical (unpaired) electrons. The highest BCUT2D eigenvalue weighted by Gasteiger charge is 2.09. The van der Waals surface area contributed by atoms with Gasteiger partial charge in [0.15, 0.2) is 5.96 Å². The predicted octanol–water partition coefficient (Wildman–Crippen LogP) is 1.33. The summed E-state index contributed by atoms with van der Waals surface area (Å²) in [5.74, 6) is 0.435. The van der Waals surface area contributed by atoms with Gasteiger partial charge in [-0.3, -0.25) is 9.79 Å². The normalized spacial score (nSPS) is 12.6.